The maximum absolute atomic E-state index is 12.1. The maximum Gasteiger partial charge on any atom is 0.253 e. The minimum absolute atomic E-state index is 0.0467. The molecule has 0 bridgehead atoms. The van der Waals surface area contributed by atoms with E-state index in [9.17, 15) is 4.79 Å². The number of carbonyl (C=O) groups excluding carboxylic acids is 1. The number of pyridine rings is 1. The molecule has 1 aliphatic heterocycles. The lowest BCUT2D eigenvalue weighted by molar-refractivity contribution is -0.688. The first kappa shape index (κ1) is 14.3. The highest BCUT2D eigenvalue weighted by atomic mass is 16.2. The highest BCUT2D eigenvalue weighted by Crippen LogP contribution is 2.25. The van der Waals surface area contributed by atoms with E-state index in [1.165, 1.54) is 5.56 Å². The molecule has 1 aliphatic rings. The summed E-state index contributed by atoms with van der Waals surface area (Å²) in [5.41, 5.74) is 5.20. The average molecular weight is 322 g/mol. The van der Waals surface area contributed by atoms with Crippen molar-refractivity contribution in [3.63, 3.8) is 0 Å². The summed E-state index contributed by atoms with van der Waals surface area (Å²) in [6, 6.07) is 14.1. The SMILES string of the molecule is O=C1[C@H](c2nnn[nH]2)CN1Nc1cc[n+](Cc2ccccc2)cc1. The number of β-lactam (4-membered cyclic amide) rings is 1. The highest BCUT2D eigenvalue weighted by Gasteiger charge is 2.40. The van der Waals surface area contributed by atoms with Gasteiger partial charge in [-0.25, -0.2) is 9.67 Å². The second kappa shape index (κ2) is 6.07. The molecule has 0 unspecified atom stereocenters. The molecule has 0 saturated carbocycles. The molecule has 1 saturated heterocycles. The quantitative estimate of drug-likeness (QED) is 0.527. The molecule has 120 valence electrons. The Bertz CT molecular complexity index is 817. The molecule has 0 radical (unpaired) electrons. The lowest BCUT2D eigenvalue weighted by atomic mass is 10.0. The zero-order valence-corrected chi connectivity index (χ0v) is 12.8. The van der Waals surface area contributed by atoms with Gasteiger partial charge in [0.05, 0.1) is 12.2 Å². The number of hydrogen-bond acceptors (Lipinski definition) is 5. The van der Waals surface area contributed by atoms with Gasteiger partial charge in [0, 0.05) is 17.7 Å². The fourth-order valence-electron chi connectivity index (χ4n) is 2.63. The van der Waals surface area contributed by atoms with Gasteiger partial charge in [-0.2, -0.15) is 0 Å². The van der Waals surface area contributed by atoms with Crippen molar-refractivity contribution in [1.82, 2.24) is 25.6 Å². The van der Waals surface area contributed by atoms with E-state index in [1.54, 1.807) is 5.01 Å². The van der Waals surface area contributed by atoms with Crippen LogP contribution in [-0.2, 0) is 11.3 Å². The third kappa shape index (κ3) is 2.81. The Hall–Kier alpha value is -3.29. The number of benzene rings is 1. The monoisotopic (exact) mass is 322 g/mol. The van der Waals surface area contributed by atoms with Gasteiger partial charge in [-0.3, -0.25) is 15.2 Å². The van der Waals surface area contributed by atoms with Crippen LogP contribution >= 0.6 is 0 Å². The van der Waals surface area contributed by atoms with Gasteiger partial charge >= 0.3 is 0 Å². The summed E-state index contributed by atoms with van der Waals surface area (Å²) < 4.78 is 2.08. The molecule has 0 spiro atoms. The van der Waals surface area contributed by atoms with E-state index < -0.39 is 0 Å². The van der Waals surface area contributed by atoms with E-state index >= 15 is 0 Å². The third-order valence-corrected chi connectivity index (χ3v) is 3.98. The third-order valence-electron chi connectivity index (χ3n) is 3.98. The molecule has 1 atom stereocenters. The molecule has 4 rings (SSSR count). The number of carbonyl (C=O) groups is 1. The first-order chi connectivity index (χ1) is 11.8. The summed E-state index contributed by atoms with van der Waals surface area (Å²) in [6.45, 7) is 1.35. The van der Waals surface area contributed by atoms with Crippen LogP contribution in [-0.4, -0.2) is 38.1 Å². The van der Waals surface area contributed by atoms with Crippen LogP contribution in [0.3, 0.4) is 0 Å². The van der Waals surface area contributed by atoms with Crippen molar-refractivity contribution in [2.24, 2.45) is 0 Å². The van der Waals surface area contributed by atoms with E-state index in [0.29, 0.717) is 12.4 Å². The number of H-pyrrole nitrogens is 1. The summed E-state index contributed by atoms with van der Waals surface area (Å²) in [7, 11) is 0. The number of aromatic nitrogens is 5. The van der Waals surface area contributed by atoms with Gasteiger partial charge < -0.3 is 0 Å². The summed E-state index contributed by atoms with van der Waals surface area (Å²) >= 11 is 0. The molecule has 2 aromatic heterocycles. The number of nitrogens with zero attached hydrogens (tertiary/aromatic N) is 5. The lowest BCUT2D eigenvalue weighted by Crippen LogP contribution is -2.54. The number of aromatic amines is 1. The summed E-state index contributed by atoms with van der Waals surface area (Å²) in [6.07, 6.45) is 3.97. The Labute approximate surface area is 138 Å². The van der Waals surface area contributed by atoms with Gasteiger partial charge in [0.1, 0.15) is 5.92 Å². The second-order valence-corrected chi connectivity index (χ2v) is 5.64. The lowest BCUT2D eigenvalue weighted by Gasteiger charge is -2.37. The number of rotatable bonds is 5. The smallest absolute Gasteiger partial charge is 0.253 e. The van der Waals surface area contributed by atoms with E-state index in [0.717, 1.165) is 12.2 Å². The molecule has 0 aliphatic carbocycles. The van der Waals surface area contributed by atoms with Crippen molar-refractivity contribution in [3.8, 4) is 0 Å². The van der Waals surface area contributed by atoms with Gasteiger partial charge in [-0.05, 0) is 10.4 Å². The van der Waals surface area contributed by atoms with Crippen LogP contribution in [0.25, 0.3) is 0 Å². The zero-order valence-electron chi connectivity index (χ0n) is 12.8. The molecule has 24 heavy (non-hydrogen) atoms. The van der Waals surface area contributed by atoms with Crippen molar-refractivity contribution in [1.29, 1.82) is 0 Å². The van der Waals surface area contributed by atoms with Crippen LogP contribution in [0.4, 0.5) is 5.69 Å². The second-order valence-electron chi connectivity index (χ2n) is 5.64. The standard InChI is InChI=1S/C16H15N7O/c24-16-14(15-17-20-21-18-15)11-23(16)19-13-6-8-22(9-7-13)10-12-4-2-1-3-5-12/h1-9,14H,10-11H2,(H,17,18,20,21)/p+1/t14-/m0/s1. The molecule has 3 heterocycles. The first-order valence-corrected chi connectivity index (χ1v) is 7.64. The number of anilines is 1. The highest BCUT2D eigenvalue weighted by molar-refractivity contribution is 5.89. The average Bonchev–Trinajstić information content (AvgIpc) is 3.14. The number of hydrogen-bond donors (Lipinski definition) is 2. The van der Waals surface area contributed by atoms with Gasteiger partial charge in [-0.1, -0.05) is 30.3 Å². The molecule has 1 amide bonds. The van der Waals surface area contributed by atoms with E-state index in [4.69, 9.17) is 0 Å². The van der Waals surface area contributed by atoms with Crippen LogP contribution in [0.2, 0.25) is 0 Å². The van der Waals surface area contributed by atoms with Crippen LogP contribution < -0.4 is 9.99 Å². The summed E-state index contributed by atoms with van der Waals surface area (Å²) in [5, 5.41) is 15.0. The minimum Gasteiger partial charge on any atom is -0.296 e. The van der Waals surface area contributed by atoms with Gasteiger partial charge in [0.2, 0.25) is 0 Å². The fourth-order valence-corrected chi connectivity index (χ4v) is 2.63. The van der Waals surface area contributed by atoms with Crippen molar-refractivity contribution < 1.29 is 9.36 Å². The number of hydrazine groups is 1. The van der Waals surface area contributed by atoms with Crippen LogP contribution in [0.15, 0.2) is 54.9 Å². The first-order valence-electron chi connectivity index (χ1n) is 7.64. The van der Waals surface area contributed by atoms with Crippen molar-refractivity contribution >= 4 is 11.6 Å². The Morgan fingerprint density at radius 2 is 2.00 bits per heavy atom. The summed E-state index contributed by atoms with van der Waals surface area (Å²) in [4.78, 5) is 12.1. The molecule has 1 fully saturated rings. The molecule has 2 N–H and O–H groups in total. The molecular weight excluding hydrogens is 306 g/mol. The molecule has 8 nitrogen and oxygen atoms in total. The molecule has 3 aromatic rings. The topological polar surface area (TPSA) is 90.7 Å². The van der Waals surface area contributed by atoms with E-state index in [-0.39, 0.29) is 11.8 Å². The fraction of sp³-hybridized carbons (Fsp3) is 0.188. The van der Waals surface area contributed by atoms with Crippen molar-refractivity contribution in [2.45, 2.75) is 12.5 Å². The van der Waals surface area contributed by atoms with Crippen LogP contribution in [0.5, 0.6) is 0 Å². The van der Waals surface area contributed by atoms with E-state index in [1.807, 2.05) is 42.7 Å². The maximum atomic E-state index is 12.1. The van der Waals surface area contributed by atoms with Gasteiger partial charge in [0.15, 0.2) is 24.8 Å². The number of tetrazole rings is 1. The predicted molar refractivity (Wildman–Crippen MR) is 84.4 cm³/mol. The normalized spacial score (nSPS) is 16.8. The number of amides is 1. The number of nitrogens with one attached hydrogen (secondary N) is 2. The van der Waals surface area contributed by atoms with Crippen molar-refractivity contribution in [3.05, 3.63) is 66.2 Å². The molecule has 8 heteroatoms. The van der Waals surface area contributed by atoms with Gasteiger partial charge in [0.25, 0.3) is 5.91 Å². The Balaban J connectivity index is 1.36. The Morgan fingerprint density at radius 3 is 2.67 bits per heavy atom. The van der Waals surface area contributed by atoms with E-state index in [2.05, 4.69) is 42.7 Å². The van der Waals surface area contributed by atoms with Crippen LogP contribution in [0, 0.1) is 0 Å². The molecule has 1 aromatic carbocycles. The van der Waals surface area contributed by atoms with Gasteiger partial charge in [-0.15, -0.1) is 5.10 Å². The Kier molecular flexibility index (Phi) is 3.62. The molecular formula is C16H16N7O+. The van der Waals surface area contributed by atoms with Crippen LogP contribution in [0.1, 0.15) is 17.3 Å². The predicted octanol–water partition coefficient (Wildman–Crippen LogP) is 0.488. The Morgan fingerprint density at radius 1 is 1.21 bits per heavy atom. The summed E-state index contributed by atoms with van der Waals surface area (Å²) in [5.74, 6) is 0.167. The van der Waals surface area contributed by atoms with Crippen molar-refractivity contribution in [2.75, 3.05) is 12.0 Å². The zero-order chi connectivity index (χ0) is 16.4. The minimum atomic E-state index is -0.292. The largest absolute Gasteiger partial charge is 0.296 e.